The van der Waals surface area contributed by atoms with Crippen LogP contribution in [0.1, 0.15) is 0 Å². The van der Waals surface area contributed by atoms with E-state index in [0.29, 0.717) is 21.3 Å². The molecular formula is C11H6Cl2FN. The van der Waals surface area contributed by atoms with E-state index in [9.17, 15) is 4.39 Å². The molecule has 15 heavy (non-hydrogen) atoms. The van der Waals surface area contributed by atoms with Crippen LogP contribution in [0.25, 0.3) is 11.3 Å². The molecule has 0 unspecified atom stereocenters. The first-order chi connectivity index (χ1) is 7.16. The number of hydrogen-bond donors (Lipinski definition) is 0. The number of rotatable bonds is 1. The predicted molar refractivity (Wildman–Crippen MR) is 59.7 cm³/mol. The molecular weight excluding hydrogens is 236 g/mol. The Hall–Kier alpha value is -1.12. The Bertz CT molecular complexity index is 500. The second-order valence-electron chi connectivity index (χ2n) is 2.99. The highest BCUT2D eigenvalue weighted by Crippen LogP contribution is 2.27. The molecule has 4 heteroatoms. The normalized spacial score (nSPS) is 10.3. The Morgan fingerprint density at radius 3 is 2.60 bits per heavy atom. The Balaban J connectivity index is 2.54. The number of aromatic nitrogens is 1. The van der Waals surface area contributed by atoms with Crippen LogP contribution in [0.4, 0.5) is 4.39 Å². The summed E-state index contributed by atoms with van der Waals surface area (Å²) in [4.78, 5) is 4.06. The zero-order valence-electron chi connectivity index (χ0n) is 7.55. The lowest BCUT2D eigenvalue weighted by atomic mass is 10.1. The minimum absolute atomic E-state index is 0.319. The zero-order chi connectivity index (χ0) is 10.8. The third-order valence-corrected chi connectivity index (χ3v) is 2.40. The molecule has 0 atom stereocenters. The van der Waals surface area contributed by atoms with Gasteiger partial charge in [-0.2, -0.15) is 0 Å². The van der Waals surface area contributed by atoms with Crippen LogP contribution >= 0.6 is 23.2 Å². The first-order valence-corrected chi connectivity index (χ1v) is 4.99. The summed E-state index contributed by atoms with van der Waals surface area (Å²) < 4.78 is 13.0. The van der Waals surface area contributed by atoms with Gasteiger partial charge in [-0.05, 0) is 18.2 Å². The van der Waals surface area contributed by atoms with E-state index in [0.717, 1.165) is 0 Å². The van der Waals surface area contributed by atoms with Gasteiger partial charge in [0.25, 0.3) is 0 Å². The van der Waals surface area contributed by atoms with Crippen LogP contribution in [0, 0.1) is 5.82 Å². The quantitative estimate of drug-likeness (QED) is 0.730. The molecule has 76 valence electrons. The summed E-state index contributed by atoms with van der Waals surface area (Å²) >= 11 is 11.7. The molecule has 1 heterocycles. The van der Waals surface area contributed by atoms with Gasteiger partial charge in [0, 0.05) is 11.8 Å². The third kappa shape index (κ3) is 2.28. The van der Waals surface area contributed by atoms with E-state index in [1.165, 1.54) is 18.3 Å². The van der Waals surface area contributed by atoms with Gasteiger partial charge in [-0.15, -0.1) is 0 Å². The maximum Gasteiger partial charge on any atom is 0.123 e. The number of nitrogens with zero attached hydrogens (tertiary/aromatic N) is 1. The number of halogens is 3. The van der Waals surface area contributed by atoms with E-state index >= 15 is 0 Å². The fourth-order valence-electron chi connectivity index (χ4n) is 1.26. The van der Waals surface area contributed by atoms with Gasteiger partial charge in [-0.25, -0.2) is 4.39 Å². The number of hydrogen-bond acceptors (Lipinski definition) is 1. The zero-order valence-corrected chi connectivity index (χ0v) is 9.06. The maximum absolute atomic E-state index is 13.0. The summed E-state index contributed by atoms with van der Waals surface area (Å²) in [5.74, 6) is -0.319. The van der Waals surface area contributed by atoms with Gasteiger partial charge in [0.2, 0.25) is 0 Å². The molecule has 0 N–H and O–H groups in total. The van der Waals surface area contributed by atoms with E-state index in [2.05, 4.69) is 4.98 Å². The summed E-state index contributed by atoms with van der Waals surface area (Å²) in [6.45, 7) is 0. The van der Waals surface area contributed by atoms with Crippen molar-refractivity contribution in [2.75, 3.05) is 0 Å². The molecule has 2 rings (SSSR count). The van der Waals surface area contributed by atoms with Crippen LogP contribution < -0.4 is 0 Å². The van der Waals surface area contributed by atoms with Crippen molar-refractivity contribution in [2.45, 2.75) is 0 Å². The van der Waals surface area contributed by atoms with Crippen molar-refractivity contribution in [3.63, 3.8) is 0 Å². The van der Waals surface area contributed by atoms with Crippen LogP contribution in [0.15, 0.2) is 36.5 Å². The second-order valence-corrected chi connectivity index (χ2v) is 3.84. The van der Waals surface area contributed by atoms with Crippen LogP contribution in [0.5, 0.6) is 0 Å². The van der Waals surface area contributed by atoms with Crippen LogP contribution in [-0.2, 0) is 0 Å². The Morgan fingerprint density at radius 1 is 1.13 bits per heavy atom. The lowest BCUT2D eigenvalue weighted by molar-refractivity contribution is 0.628. The van der Waals surface area contributed by atoms with Gasteiger partial charge in [0.15, 0.2) is 0 Å². The SMILES string of the molecule is Fc1cccc(-c2ncc(Cl)cc2Cl)c1. The molecule has 0 aliphatic carbocycles. The van der Waals surface area contributed by atoms with Gasteiger partial charge in [-0.1, -0.05) is 35.3 Å². The number of benzene rings is 1. The average Bonchev–Trinajstić information content (AvgIpc) is 2.17. The minimum atomic E-state index is -0.319. The highest BCUT2D eigenvalue weighted by molar-refractivity contribution is 6.36. The molecule has 0 fully saturated rings. The van der Waals surface area contributed by atoms with E-state index in [4.69, 9.17) is 23.2 Å². The lowest BCUT2D eigenvalue weighted by Gasteiger charge is -2.03. The summed E-state index contributed by atoms with van der Waals surface area (Å²) in [5.41, 5.74) is 1.16. The summed E-state index contributed by atoms with van der Waals surface area (Å²) in [7, 11) is 0. The fraction of sp³-hybridized carbons (Fsp3) is 0. The Labute approximate surface area is 96.5 Å². The highest BCUT2D eigenvalue weighted by atomic mass is 35.5. The number of pyridine rings is 1. The van der Waals surface area contributed by atoms with Gasteiger partial charge >= 0.3 is 0 Å². The van der Waals surface area contributed by atoms with Crippen molar-refractivity contribution in [1.29, 1.82) is 0 Å². The summed E-state index contributed by atoms with van der Waals surface area (Å²) in [5, 5.41) is 0.869. The first kappa shape index (κ1) is 10.4. The van der Waals surface area contributed by atoms with Crippen molar-refractivity contribution in [3.8, 4) is 11.3 Å². The van der Waals surface area contributed by atoms with Crippen molar-refractivity contribution in [1.82, 2.24) is 4.98 Å². The Kier molecular flexibility index (Phi) is 2.89. The molecule has 0 saturated carbocycles. The van der Waals surface area contributed by atoms with Gasteiger partial charge in [-0.3, -0.25) is 4.98 Å². The van der Waals surface area contributed by atoms with Crippen molar-refractivity contribution < 1.29 is 4.39 Å². The smallest absolute Gasteiger partial charge is 0.123 e. The molecule has 0 saturated heterocycles. The van der Waals surface area contributed by atoms with Crippen molar-refractivity contribution in [3.05, 3.63) is 52.4 Å². The van der Waals surface area contributed by atoms with E-state index in [-0.39, 0.29) is 5.82 Å². The highest BCUT2D eigenvalue weighted by Gasteiger charge is 2.06. The fourth-order valence-corrected chi connectivity index (χ4v) is 1.75. The molecule has 0 radical (unpaired) electrons. The van der Waals surface area contributed by atoms with Gasteiger partial charge < -0.3 is 0 Å². The molecule has 1 aromatic heterocycles. The second kappa shape index (κ2) is 4.17. The molecule has 0 spiro atoms. The van der Waals surface area contributed by atoms with Gasteiger partial charge in [0.1, 0.15) is 5.82 Å². The first-order valence-electron chi connectivity index (χ1n) is 4.24. The van der Waals surface area contributed by atoms with Crippen LogP contribution in [0.2, 0.25) is 10.0 Å². The lowest BCUT2D eigenvalue weighted by Crippen LogP contribution is -1.85. The standard InChI is InChI=1S/C11H6Cl2FN/c12-8-5-10(13)11(15-6-8)7-2-1-3-9(14)4-7/h1-6H. The summed E-state index contributed by atoms with van der Waals surface area (Å²) in [6, 6.07) is 7.67. The van der Waals surface area contributed by atoms with Crippen LogP contribution in [-0.4, -0.2) is 4.98 Å². The maximum atomic E-state index is 13.0. The third-order valence-electron chi connectivity index (χ3n) is 1.91. The van der Waals surface area contributed by atoms with Crippen molar-refractivity contribution >= 4 is 23.2 Å². The molecule has 0 aliphatic heterocycles. The molecule has 0 aliphatic rings. The van der Waals surface area contributed by atoms with E-state index in [1.807, 2.05) is 0 Å². The topological polar surface area (TPSA) is 12.9 Å². The van der Waals surface area contributed by atoms with Crippen molar-refractivity contribution in [2.24, 2.45) is 0 Å². The predicted octanol–water partition coefficient (Wildman–Crippen LogP) is 4.19. The summed E-state index contributed by atoms with van der Waals surface area (Å²) in [6.07, 6.45) is 1.48. The van der Waals surface area contributed by atoms with E-state index < -0.39 is 0 Å². The van der Waals surface area contributed by atoms with Gasteiger partial charge in [0.05, 0.1) is 15.7 Å². The van der Waals surface area contributed by atoms with Crippen LogP contribution in [0.3, 0.4) is 0 Å². The molecule has 2 aromatic rings. The molecule has 0 bridgehead atoms. The molecule has 0 amide bonds. The molecule has 1 aromatic carbocycles. The monoisotopic (exact) mass is 241 g/mol. The Morgan fingerprint density at radius 2 is 1.93 bits per heavy atom. The average molecular weight is 242 g/mol. The largest absolute Gasteiger partial charge is 0.253 e. The minimum Gasteiger partial charge on any atom is -0.253 e. The molecule has 1 nitrogen and oxygen atoms in total. The van der Waals surface area contributed by atoms with E-state index in [1.54, 1.807) is 18.2 Å².